The summed E-state index contributed by atoms with van der Waals surface area (Å²) in [5, 5.41) is 14.8. The molecule has 0 bridgehead atoms. The van der Waals surface area contributed by atoms with Crippen molar-refractivity contribution in [2.75, 3.05) is 0 Å². The van der Waals surface area contributed by atoms with Gasteiger partial charge in [-0.15, -0.1) is 0 Å². The van der Waals surface area contributed by atoms with Gasteiger partial charge in [-0.1, -0.05) is 34.1 Å². The van der Waals surface area contributed by atoms with E-state index in [1.54, 1.807) is 18.3 Å². The Bertz CT molecular complexity index is 1200. The van der Waals surface area contributed by atoms with Gasteiger partial charge >= 0.3 is 5.97 Å². The number of rotatable bonds is 3. The SMILES string of the molecule is Cc1ccccc1-n1ncc(-c2cc(C(=O)O)c3cc(Br)ccc3n2)c1C. The van der Waals surface area contributed by atoms with Crippen LogP contribution < -0.4 is 0 Å². The number of aromatic carboxylic acids is 1. The second kappa shape index (κ2) is 6.63. The Morgan fingerprint density at radius 2 is 1.89 bits per heavy atom. The molecule has 0 fully saturated rings. The smallest absolute Gasteiger partial charge is 0.336 e. The van der Waals surface area contributed by atoms with E-state index < -0.39 is 5.97 Å². The fourth-order valence-corrected chi connectivity index (χ4v) is 3.58. The Hall–Kier alpha value is -2.99. The van der Waals surface area contributed by atoms with Gasteiger partial charge in [-0.25, -0.2) is 14.5 Å². The predicted molar refractivity (Wildman–Crippen MR) is 108 cm³/mol. The lowest BCUT2D eigenvalue weighted by atomic mass is 10.0. The second-order valence-electron chi connectivity index (χ2n) is 6.36. The number of aromatic nitrogens is 3. The number of fused-ring (bicyclic) bond motifs is 1. The Kier molecular flexibility index (Phi) is 4.28. The lowest BCUT2D eigenvalue weighted by Gasteiger charge is -2.10. The minimum absolute atomic E-state index is 0.222. The monoisotopic (exact) mass is 421 g/mol. The van der Waals surface area contributed by atoms with Crippen LogP contribution in [0.25, 0.3) is 27.8 Å². The van der Waals surface area contributed by atoms with Gasteiger partial charge in [-0.05, 0) is 49.7 Å². The number of carboxylic acids is 1. The van der Waals surface area contributed by atoms with Crippen molar-refractivity contribution in [2.24, 2.45) is 0 Å². The molecular weight excluding hydrogens is 406 g/mol. The lowest BCUT2D eigenvalue weighted by molar-refractivity contribution is 0.0699. The summed E-state index contributed by atoms with van der Waals surface area (Å²) in [4.78, 5) is 16.5. The molecule has 5 nitrogen and oxygen atoms in total. The maximum atomic E-state index is 11.8. The van der Waals surface area contributed by atoms with Crippen molar-refractivity contribution in [3.63, 3.8) is 0 Å². The molecule has 0 saturated heterocycles. The van der Waals surface area contributed by atoms with Gasteiger partial charge in [0, 0.05) is 15.4 Å². The molecule has 0 aliphatic rings. The molecule has 0 aliphatic heterocycles. The van der Waals surface area contributed by atoms with Gasteiger partial charge in [0.25, 0.3) is 0 Å². The first kappa shape index (κ1) is 17.4. The predicted octanol–water partition coefficient (Wildman–Crippen LogP) is 5.17. The molecule has 4 rings (SSSR count). The van der Waals surface area contributed by atoms with Gasteiger partial charge in [0.15, 0.2) is 0 Å². The van der Waals surface area contributed by atoms with E-state index in [2.05, 4.69) is 26.0 Å². The minimum Gasteiger partial charge on any atom is -0.478 e. The standard InChI is InChI=1S/C21H16BrN3O2/c1-12-5-3-4-6-20(12)25-13(2)17(11-23-25)19-10-16(21(26)27)15-9-14(22)7-8-18(15)24-19/h3-11H,1-2H3,(H,26,27). The van der Waals surface area contributed by atoms with Crippen LogP contribution in [-0.2, 0) is 0 Å². The Balaban J connectivity index is 1.92. The zero-order chi connectivity index (χ0) is 19.1. The van der Waals surface area contributed by atoms with Crippen molar-refractivity contribution >= 4 is 32.8 Å². The Morgan fingerprint density at radius 3 is 2.63 bits per heavy atom. The minimum atomic E-state index is -0.981. The van der Waals surface area contributed by atoms with E-state index >= 15 is 0 Å². The van der Waals surface area contributed by atoms with Crippen molar-refractivity contribution in [2.45, 2.75) is 13.8 Å². The number of hydrogen-bond acceptors (Lipinski definition) is 3. The fourth-order valence-electron chi connectivity index (χ4n) is 3.22. The molecule has 0 amide bonds. The van der Waals surface area contributed by atoms with E-state index in [4.69, 9.17) is 0 Å². The van der Waals surface area contributed by atoms with E-state index in [9.17, 15) is 9.90 Å². The van der Waals surface area contributed by atoms with Crippen molar-refractivity contribution in [3.05, 3.63) is 76.0 Å². The number of carbonyl (C=O) groups is 1. The van der Waals surface area contributed by atoms with Crippen LogP contribution in [0, 0.1) is 13.8 Å². The van der Waals surface area contributed by atoms with E-state index in [1.807, 2.05) is 54.9 Å². The summed E-state index contributed by atoms with van der Waals surface area (Å²) >= 11 is 3.39. The number of aryl methyl sites for hydroxylation is 1. The number of carboxylic acid groups (broad SMARTS) is 1. The largest absolute Gasteiger partial charge is 0.478 e. The molecule has 0 saturated carbocycles. The maximum Gasteiger partial charge on any atom is 0.336 e. The zero-order valence-electron chi connectivity index (χ0n) is 14.8. The third kappa shape index (κ3) is 3.02. The van der Waals surface area contributed by atoms with Crippen LogP contribution in [0.1, 0.15) is 21.6 Å². The molecule has 4 aromatic rings. The highest BCUT2D eigenvalue weighted by molar-refractivity contribution is 9.10. The number of nitrogens with zero attached hydrogens (tertiary/aromatic N) is 3. The summed E-state index contributed by atoms with van der Waals surface area (Å²) in [5.41, 5.74) is 5.27. The maximum absolute atomic E-state index is 11.8. The van der Waals surface area contributed by atoms with Crippen LogP contribution in [0.5, 0.6) is 0 Å². The van der Waals surface area contributed by atoms with Crippen molar-refractivity contribution < 1.29 is 9.90 Å². The number of benzene rings is 2. The molecule has 1 N–H and O–H groups in total. The highest BCUT2D eigenvalue weighted by Crippen LogP contribution is 2.30. The van der Waals surface area contributed by atoms with Crippen molar-refractivity contribution in [1.29, 1.82) is 0 Å². The molecule has 134 valence electrons. The van der Waals surface area contributed by atoms with Crippen LogP contribution in [0.3, 0.4) is 0 Å². The van der Waals surface area contributed by atoms with E-state index in [-0.39, 0.29) is 5.56 Å². The first-order chi connectivity index (χ1) is 13.0. The molecule has 0 radical (unpaired) electrons. The van der Waals surface area contributed by atoms with Crippen LogP contribution in [0.15, 0.2) is 59.2 Å². The van der Waals surface area contributed by atoms with Crippen LogP contribution in [-0.4, -0.2) is 25.8 Å². The van der Waals surface area contributed by atoms with Gasteiger partial charge in [-0.2, -0.15) is 5.10 Å². The molecule has 0 spiro atoms. The molecule has 0 atom stereocenters. The summed E-state index contributed by atoms with van der Waals surface area (Å²) in [6.45, 7) is 3.99. The number of halogens is 1. The normalized spacial score (nSPS) is 11.1. The van der Waals surface area contributed by atoms with Crippen LogP contribution >= 0.6 is 15.9 Å². The van der Waals surface area contributed by atoms with E-state index in [0.29, 0.717) is 16.6 Å². The molecule has 27 heavy (non-hydrogen) atoms. The second-order valence-corrected chi connectivity index (χ2v) is 7.28. The van der Waals surface area contributed by atoms with Gasteiger partial charge in [-0.3, -0.25) is 0 Å². The van der Waals surface area contributed by atoms with Gasteiger partial charge in [0.2, 0.25) is 0 Å². The number of para-hydroxylation sites is 1. The summed E-state index contributed by atoms with van der Waals surface area (Å²) in [6, 6.07) is 15.1. The van der Waals surface area contributed by atoms with Crippen molar-refractivity contribution in [1.82, 2.24) is 14.8 Å². The molecule has 0 aliphatic carbocycles. The topological polar surface area (TPSA) is 68.0 Å². The van der Waals surface area contributed by atoms with Crippen LogP contribution in [0.2, 0.25) is 0 Å². The molecule has 2 aromatic carbocycles. The molecule has 2 heterocycles. The van der Waals surface area contributed by atoms with Crippen LogP contribution in [0.4, 0.5) is 0 Å². The quantitative estimate of drug-likeness (QED) is 0.495. The summed E-state index contributed by atoms with van der Waals surface area (Å²) in [6.07, 6.45) is 1.74. The molecule has 6 heteroatoms. The number of pyridine rings is 1. The van der Waals surface area contributed by atoms with Crippen molar-refractivity contribution in [3.8, 4) is 16.9 Å². The first-order valence-electron chi connectivity index (χ1n) is 8.40. The van der Waals surface area contributed by atoms with Gasteiger partial charge in [0.1, 0.15) is 0 Å². The Labute approximate surface area is 164 Å². The molecule has 2 aromatic heterocycles. The average molecular weight is 422 g/mol. The third-order valence-corrected chi connectivity index (χ3v) is 5.12. The Morgan fingerprint density at radius 1 is 1.11 bits per heavy atom. The van der Waals surface area contributed by atoms with E-state index in [1.165, 1.54) is 0 Å². The highest BCUT2D eigenvalue weighted by Gasteiger charge is 2.17. The van der Waals surface area contributed by atoms with Gasteiger partial charge < -0.3 is 5.11 Å². The fraction of sp³-hybridized carbons (Fsp3) is 0.0952. The average Bonchev–Trinajstić information content (AvgIpc) is 3.02. The van der Waals surface area contributed by atoms with Gasteiger partial charge in [0.05, 0.1) is 34.4 Å². The summed E-state index contributed by atoms with van der Waals surface area (Å²) in [5.74, 6) is -0.981. The molecule has 0 unspecified atom stereocenters. The summed E-state index contributed by atoms with van der Waals surface area (Å²) < 4.78 is 2.68. The molecular formula is C21H16BrN3O2. The highest BCUT2D eigenvalue weighted by atomic mass is 79.9. The van der Waals surface area contributed by atoms with E-state index in [0.717, 1.165) is 27.0 Å². The summed E-state index contributed by atoms with van der Waals surface area (Å²) in [7, 11) is 0. The number of hydrogen-bond donors (Lipinski definition) is 1. The third-order valence-electron chi connectivity index (χ3n) is 4.63. The lowest BCUT2D eigenvalue weighted by Crippen LogP contribution is -2.02. The zero-order valence-corrected chi connectivity index (χ0v) is 16.4. The first-order valence-corrected chi connectivity index (χ1v) is 9.19.